The van der Waals surface area contributed by atoms with Gasteiger partial charge in [-0.1, -0.05) is 13.8 Å². The topological polar surface area (TPSA) is 32.7 Å². The van der Waals surface area contributed by atoms with Gasteiger partial charge in [-0.15, -0.1) is 0 Å². The molecule has 1 amide bonds. The Morgan fingerprint density at radius 1 is 1.80 bits per heavy atom. The first-order valence-electron chi connectivity index (χ1n) is 3.57. The van der Waals surface area contributed by atoms with Gasteiger partial charge in [0.05, 0.1) is 6.04 Å². The quantitative estimate of drug-likeness (QED) is 0.523. The number of hydrazone groups is 1. The molecule has 0 aromatic rings. The lowest BCUT2D eigenvalue weighted by molar-refractivity contribution is -0.120. The predicted molar refractivity (Wildman–Crippen MR) is 39.6 cm³/mol. The zero-order valence-corrected chi connectivity index (χ0v) is 6.32. The first kappa shape index (κ1) is 7.25. The molecule has 0 fully saturated rings. The molecule has 0 aromatic heterocycles. The van der Waals surface area contributed by atoms with Crippen LogP contribution in [-0.2, 0) is 4.79 Å². The maximum atomic E-state index is 10.3. The van der Waals surface area contributed by atoms with Crippen molar-refractivity contribution in [2.24, 2.45) is 11.0 Å². The van der Waals surface area contributed by atoms with Crippen molar-refractivity contribution in [3.05, 3.63) is 0 Å². The summed E-state index contributed by atoms with van der Waals surface area (Å²) in [6, 6.07) is 0.289. The van der Waals surface area contributed by atoms with E-state index in [9.17, 15) is 4.79 Å². The van der Waals surface area contributed by atoms with Crippen molar-refractivity contribution in [2.75, 3.05) is 0 Å². The van der Waals surface area contributed by atoms with E-state index in [1.807, 2.05) is 6.21 Å². The van der Waals surface area contributed by atoms with Crippen molar-refractivity contribution in [2.45, 2.75) is 26.3 Å². The molecule has 1 aliphatic rings. The molecule has 1 rings (SSSR count). The summed E-state index contributed by atoms with van der Waals surface area (Å²) < 4.78 is 0. The van der Waals surface area contributed by atoms with Crippen LogP contribution in [0.15, 0.2) is 5.10 Å². The lowest BCUT2D eigenvalue weighted by Crippen LogP contribution is -2.29. The second-order valence-corrected chi connectivity index (χ2v) is 2.58. The standard InChI is InChI=1S/C7H12N2O/c1-3-7-6(2)4-8-9(7)5-10/h4-7H,3H2,1-2H3/t6-,7-/m0/s1. The number of rotatable bonds is 2. The second-order valence-electron chi connectivity index (χ2n) is 2.58. The molecule has 3 nitrogen and oxygen atoms in total. The molecule has 10 heavy (non-hydrogen) atoms. The van der Waals surface area contributed by atoms with E-state index >= 15 is 0 Å². The highest BCUT2D eigenvalue weighted by Gasteiger charge is 2.24. The van der Waals surface area contributed by atoms with Gasteiger partial charge in [0.2, 0.25) is 6.41 Å². The largest absolute Gasteiger partial charge is 0.277 e. The van der Waals surface area contributed by atoms with Crippen molar-refractivity contribution in [1.29, 1.82) is 0 Å². The van der Waals surface area contributed by atoms with E-state index in [4.69, 9.17) is 0 Å². The van der Waals surface area contributed by atoms with E-state index in [0.29, 0.717) is 5.92 Å². The summed E-state index contributed by atoms with van der Waals surface area (Å²) in [6.45, 7) is 4.13. The molecule has 56 valence electrons. The third kappa shape index (κ3) is 1.03. The first-order chi connectivity index (χ1) is 4.79. The van der Waals surface area contributed by atoms with Gasteiger partial charge in [-0.2, -0.15) is 5.10 Å². The number of nitrogens with zero attached hydrogens (tertiary/aromatic N) is 2. The molecule has 0 spiro atoms. The van der Waals surface area contributed by atoms with Crippen LogP contribution in [0, 0.1) is 5.92 Å². The maximum Gasteiger partial charge on any atom is 0.230 e. The minimum Gasteiger partial charge on any atom is -0.277 e. The summed E-state index contributed by atoms with van der Waals surface area (Å²) in [5.74, 6) is 0.412. The van der Waals surface area contributed by atoms with Gasteiger partial charge >= 0.3 is 0 Å². The van der Waals surface area contributed by atoms with E-state index in [0.717, 1.165) is 12.8 Å². The molecule has 0 saturated carbocycles. The summed E-state index contributed by atoms with van der Waals surface area (Å²) in [5, 5.41) is 5.42. The van der Waals surface area contributed by atoms with Crippen LogP contribution in [0.2, 0.25) is 0 Å². The maximum absolute atomic E-state index is 10.3. The number of hydrogen-bond donors (Lipinski definition) is 0. The Balaban J connectivity index is 2.61. The molecule has 0 radical (unpaired) electrons. The third-order valence-corrected chi connectivity index (χ3v) is 1.91. The van der Waals surface area contributed by atoms with Crippen molar-refractivity contribution in [3.63, 3.8) is 0 Å². The van der Waals surface area contributed by atoms with Gasteiger partial charge in [0.1, 0.15) is 0 Å². The highest BCUT2D eigenvalue weighted by atomic mass is 16.1. The van der Waals surface area contributed by atoms with E-state index in [-0.39, 0.29) is 6.04 Å². The summed E-state index contributed by atoms with van der Waals surface area (Å²) in [4.78, 5) is 10.3. The van der Waals surface area contributed by atoms with Crippen LogP contribution in [0.5, 0.6) is 0 Å². The number of carbonyl (C=O) groups is 1. The lowest BCUT2D eigenvalue weighted by atomic mass is 10.0. The molecular formula is C7H12N2O. The minimum atomic E-state index is 0.289. The Morgan fingerprint density at radius 3 is 2.90 bits per heavy atom. The molecule has 3 heteroatoms. The van der Waals surface area contributed by atoms with Crippen molar-refractivity contribution < 1.29 is 4.79 Å². The Morgan fingerprint density at radius 2 is 2.50 bits per heavy atom. The molecule has 2 atom stereocenters. The van der Waals surface area contributed by atoms with Crippen LogP contribution in [0.4, 0.5) is 0 Å². The van der Waals surface area contributed by atoms with Crippen LogP contribution < -0.4 is 0 Å². The smallest absolute Gasteiger partial charge is 0.230 e. The van der Waals surface area contributed by atoms with Crippen LogP contribution >= 0.6 is 0 Å². The highest BCUT2D eigenvalue weighted by Crippen LogP contribution is 2.17. The SMILES string of the molecule is CC[C@H]1[C@@H](C)C=NN1C=O. The fourth-order valence-electron chi connectivity index (χ4n) is 1.27. The van der Waals surface area contributed by atoms with Crippen molar-refractivity contribution in [1.82, 2.24) is 5.01 Å². The molecule has 0 aliphatic carbocycles. The summed E-state index contributed by atoms with van der Waals surface area (Å²) in [5.41, 5.74) is 0. The summed E-state index contributed by atoms with van der Waals surface area (Å²) >= 11 is 0. The van der Waals surface area contributed by atoms with Crippen molar-refractivity contribution >= 4 is 12.6 Å². The predicted octanol–water partition coefficient (Wildman–Crippen LogP) is 0.859. The fourth-order valence-corrected chi connectivity index (χ4v) is 1.27. The summed E-state index contributed by atoms with van der Waals surface area (Å²) in [7, 11) is 0. The van der Waals surface area contributed by atoms with Crippen molar-refractivity contribution in [3.8, 4) is 0 Å². The van der Waals surface area contributed by atoms with Gasteiger partial charge < -0.3 is 0 Å². The van der Waals surface area contributed by atoms with E-state index < -0.39 is 0 Å². The number of amides is 1. The molecule has 0 bridgehead atoms. The van der Waals surface area contributed by atoms with Crippen LogP contribution in [0.25, 0.3) is 0 Å². The van der Waals surface area contributed by atoms with Crippen LogP contribution in [0.1, 0.15) is 20.3 Å². The molecule has 0 aromatic carbocycles. The second kappa shape index (κ2) is 2.82. The van der Waals surface area contributed by atoms with E-state index in [1.165, 1.54) is 5.01 Å². The average Bonchev–Trinajstić information content (AvgIpc) is 2.30. The van der Waals surface area contributed by atoms with Gasteiger partial charge in [0, 0.05) is 12.1 Å². The Hall–Kier alpha value is -0.860. The Kier molecular flexibility index (Phi) is 2.04. The lowest BCUT2D eigenvalue weighted by Gasteiger charge is -2.18. The monoisotopic (exact) mass is 140 g/mol. The zero-order chi connectivity index (χ0) is 7.56. The molecular weight excluding hydrogens is 128 g/mol. The fraction of sp³-hybridized carbons (Fsp3) is 0.714. The molecule has 1 heterocycles. The van der Waals surface area contributed by atoms with E-state index in [2.05, 4.69) is 18.9 Å². The Labute approximate surface area is 60.7 Å². The highest BCUT2D eigenvalue weighted by molar-refractivity contribution is 5.67. The van der Waals surface area contributed by atoms with Gasteiger partial charge in [0.15, 0.2) is 0 Å². The normalized spacial score (nSPS) is 31.2. The van der Waals surface area contributed by atoms with Gasteiger partial charge in [-0.05, 0) is 6.42 Å². The minimum absolute atomic E-state index is 0.289. The first-order valence-corrected chi connectivity index (χ1v) is 3.57. The molecule has 0 N–H and O–H groups in total. The van der Waals surface area contributed by atoms with E-state index in [1.54, 1.807) is 0 Å². The zero-order valence-electron chi connectivity index (χ0n) is 6.32. The van der Waals surface area contributed by atoms with Gasteiger partial charge in [0.25, 0.3) is 0 Å². The number of hydrogen-bond acceptors (Lipinski definition) is 2. The number of carbonyl (C=O) groups excluding carboxylic acids is 1. The molecule has 1 aliphatic heterocycles. The van der Waals surface area contributed by atoms with Gasteiger partial charge in [-0.3, -0.25) is 4.79 Å². The molecule has 0 saturated heterocycles. The van der Waals surface area contributed by atoms with Crippen LogP contribution in [0.3, 0.4) is 0 Å². The van der Waals surface area contributed by atoms with Gasteiger partial charge in [-0.25, -0.2) is 5.01 Å². The van der Waals surface area contributed by atoms with Crippen LogP contribution in [-0.4, -0.2) is 23.7 Å². The summed E-state index contributed by atoms with van der Waals surface area (Å²) in [6.07, 6.45) is 3.58. The average molecular weight is 140 g/mol. The third-order valence-electron chi connectivity index (χ3n) is 1.91. The molecule has 0 unspecified atom stereocenters. The Bertz CT molecular complexity index is 156.